The Hall–Kier alpha value is -4.99. The zero-order valence-corrected chi connectivity index (χ0v) is 26.4. The molecule has 2 atom stereocenters. The Balaban J connectivity index is 1.65. The Morgan fingerprint density at radius 2 is 1.57 bits per heavy atom. The van der Waals surface area contributed by atoms with Crippen LogP contribution in [-0.4, -0.2) is 45.1 Å². The van der Waals surface area contributed by atoms with E-state index in [1.807, 2.05) is 61.7 Å². The third kappa shape index (κ3) is 8.80. The fourth-order valence-corrected chi connectivity index (χ4v) is 5.51. The molecule has 2 amide bonds. The van der Waals surface area contributed by atoms with Crippen molar-refractivity contribution in [3.05, 3.63) is 120 Å². The average molecular weight is 632 g/mol. The maximum absolute atomic E-state index is 14.9. The van der Waals surface area contributed by atoms with E-state index in [0.29, 0.717) is 17.8 Å². The van der Waals surface area contributed by atoms with Gasteiger partial charge in [0.05, 0.1) is 6.04 Å². The van der Waals surface area contributed by atoms with Gasteiger partial charge in [0.15, 0.2) is 0 Å². The summed E-state index contributed by atoms with van der Waals surface area (Å²) in [5, 5.41) is 12.3. The SMILES string of the molecule is CC(=O)N(CCC(NC(=O)OCc1ccccc1)C(=O)O)C(c1cc(-c2cc(F)ccc2F)cn1Cc1ccccc1)C(C)(C)C. The molecule has 0 aliphatic carbocycles. The summed E-state index contributed by atoms with van der Waals surface area (Å²) in [6, 6.07) is 21.6. The second-order valence-corrected chi connectivity index (χ2v) is 12.3. The summed E-state index contributed by atoms with van der Waals surface area (Å²) >= 11 is 0. The largest absolute Gasteiger partial charge is 0.480 e. The number of rotatable bonds is 12. The zero-order valence-electron chi connectivity index (χ0n) is 26.4. The van der Waals surface area contributed by atoms with Gasteiger partial charge in [-0.1, -0.05) is 81.4 Å². The van der Waals surface area contributed by atoms with Crippen LogP contribution in [0.15, 0.2) is 91.1 Å². The number of nitrogens with zero attached hydrogens (tertiary/aromatic N) is 2. The molecule has 242 valence electrons. The van der Waals surface area contributed by atoms with E-state index >= 15 is 0 Å². The summed E-state index contributed by atoms with van der Waals surface area (Å²) in [7, 11) is 0. The summed E-state index contributed by atoms with van der Waals surface area (Å²) in [6.07, 6.45) is 0.741. The van der Waals surface area contributed by atoms with E-state index in [0.717, 1.165) is 29.3 Å². The molecule has 46 heavy (non-hydrogen) atoms. The molecular weight excluding hydrogens is 592 g/mol. The third-order valence-corrected chi connectivity index (χ3v) is 7.64. The quantitative estimate of drug-likeness (QED) is 0.172. The van der Waals surface area contributed by atoms with Crippen LogP contribution in [0.25, 0.3) is 11.1 Å². The van der Waals surface area contributed by atoms with E-state index in [2.05, 4.69) is 5.32 Å². The fraction of sp³-hybridized carbons (Fsp3) is 0.306. The van der Waals surface area contributed by atoms with E-state index in [1.54, 1.807) is 41.4 Å². The first-order valence-electron chi connectivity index (χ1n) is 15.0. The van der Waals surface area contributed by atoms with Crippen molar-refractivity contribution >= 4 is 18.0 Å². The smallest absolute Gasteiger partial charge is 0.408 e. The van der Waals surface area contributed by atoms with Crippen molar-refractivity contribution in [1.29, 1.82) is 0 Å². The number of carboxylic acid groups (broad SMARTS) is 1. The molecule has 0 spiro atoms. The molecule has 0 aliphatic heterocycles. The third-order valence-electron chi connectivity index (χ3n) is 7.64. The van der Waals surface area contributed by atoms with Crippen molar-refractivity contribution in [2.75, 3.05) is 6.54 Å². The lowest BCUT2D eigenvalue weighted by Gasteiger charge is -2.41. The van der Waals surface area contributed by atoms with Crippen LogP contribution in [0.2, 0.25) is 0 Å². The van der Waals surface area contributed by atoms with Crippen LogP contribution in [0.4, 0.5) is 13.6 Å². The number of amides is 2. The number of alkyl carbamates (subject to hydrolysis) is 1. The molecule has 4 aromatic rings. The van der Waals surface area contributed by atoms with Crippen molar-refractivity contribution in [3.63, 3.8) is 0 Å². The molecule has 0 saturated heterocycles. The number of carbonyl (C=O) groups is 3. The Labute approximate surface area is 267 Å². The Morgan fingerprint density at radius 3 is 2.15 bits per heavy atom. The topological polar surface area (TPSA) is 101 Å². The second-order valence-electron chi connectivity index (χ2n) is 12.3. The van der Waals surface area contributed by atoms with E-state index in [-0.39, 0.29) is 31.0 Å². The van der Waals surface area contributed by atoms with Gasteiger partial charge in [0.2, 0.25) is 5.91 Å². The van der Waals surface area contributed by atoms with Gasteiger partial charge in [0.25, 0.3) is 0 Å². The highest BCUT2D eigenvalue weighted by Crippen LogP contribution is 2.41. The first-order chi connectivity index (χ1) is 21.8. The summed E-state index contributed by atoms with van der Waals surface area (Å²) in [4.78, 5) is 39.5. The highest BCUT2D eigenvalue weighted by atomic mass is 19.1. The van der Waals surface area contributed by atoms with E-state index in [1.165, 1.54) is 6.92 Å². The highest BCUT2D eigenvalue weighted by molar-refractivity contribution is 5.80. The minimum Gasteiger partial charge on any atom is -0.480 e. The van der Waals surface area contributed by atoms with Crippen LogP contribution in [0.3, 0.4) is 0 Å². The summed E-state index contributed by atoms with van der Waals surface area (Å²) in [6.45, 7) is 7.58. The van der Waals surface area contributed by atoms with Crippen LogP contribution in [-0.2, 0) is 27.5 Å². The number of benzene rings is 3. The normalized spacial score (nSPS) is 12.7. The first-order valence-corrected chi connectivity index (χ1v) is 15.0. The maximum atomic E-state index is 14.9. The van der Waals surface area contributed by atoms with Crippen molar-refractivity contribution in [1.82, 2.24) is 14.8 Å². The molecule has 0 radical (unpaired) electrons. The van der Waals surface area contributed by atoms with Gasteiger partial charge in [-0.3, -0.25) is 4.79 Å². The molecule has 2 N–H and O–H groups in total. The Morgan fingerprint density at radius 1 is 0.935 bits per heavy atom. The van der Waals surface area contributed by atoms with Gasteiger partial charge in [-0.15, -0.1) is 0 Å². The van der Waals surface area contributed by atoms with Crippen LogP contribution < -0.4 is 5.32 Å². The van der Waals surface area contributed by atoms with Crippen molar-refractivity contribution < 1.29 is 33.0 Å². The maximum Gasteiger partial charge on any atom is 0.408 e. The molecule has 3 aromatic carbocycles. The Bertz CT molecular complexity index is 1650. The minimum absolute atomic E-state index is 0.0205. The van der Waals surface area contributed by atoms with Crippen LogP contribution >= 0.6 is 0 Å². The zero-order chi connectivity index (χ0) is 33.4. The van der Waals surface area contributed by atoms with Crippen LogP contribution in [0.1, 0.15) is 57.0 Å². The molecule has 10 heteroatoms. The number of nitrogens with one attached hydrogen (secondary N) is 1. The lowest BCUT2D eigenvalue weighted by atomic mass is 9.82. The van der Waals surface area contributed by atoms with Gasteiger partial charge >= 0.3 is 12.1 Å². The molecule has 4 rings (SSSR count). The number of hydrogen-bond acceptors (Lipinski definition) is 4. The summed E-state index contributed by atoms with van der Waals surface area (Å²) in [5.41, 5.74) is 2.29. The number of halogens is 2. The lowest BCUT2D eigenvalue weighted by Crippen LogP contribution is -2.46. The number of aliphatic carboxylic acids is 1. The van der Waals surface area contributed by atoms with Gasteiger partial charge in [-0.25, -0.2) is 18.4 Å². The van der Waals surface area contributed by atoms with Gasteiger partial charge in [0, 0.05) is 43.0 Å². The first kappa shape index (κ1) is 33.9. The van der Waals surface area contributed by atoms with E-state index < -0.39 is 41.2 Å². The second kappa shape index (κ2) is 14.9. The summed E-state index contributed by atoms with van der Waals surface area (Å²) in [5.74, 6) is -2.76. The molecular formula is C36H39F2N3O5. The Kier molecular flexibility index (Phi) is 10.9. The number of ether oxygens (including phenoxy) is 1. The van der Waals surface area contributed by atoms with Crippen molar-refractivity contribution in [2.45, 2.75) is 59.4 Å². The molecule has 0 bridgehead atoms. The number of carbonyl (C=O) groups excluding carboxylic acids is 2. The van der Waals surface area contributed by atoms with Crippen LogP contribution in [0, 0.1) is 17.0 Å². The molecule has 1 heterocycles. The van der Waals surface area contributed by atoms with Gasteiger partial charge in [0.1, 0.15) is 24.3 Å². The van der Waals surface area contributed by atoms with Crippen molar-refractivity contribution in [2.24, 2.45) is 5.41 Å². The number of carboxylic acids is 1. The summed E-state index contributed by atoms with van der Waals surface area (Å²) < 4.78 is 36.3. The predicted octanol–water partition coefficient (Wildman–Crippen LogP) is 7.19. The molecule has 2 unspecified atom stereocenters. The monoisotopic (exact) mass is 631 g/mol. The average Bonchev–Trinajstić information content (AvgIpc) is 3.41. The van der Waals surface area contributed by atoms with Gasteiger partial charge in [-0.2, -0.15) is 0 Å². The van der Waals surface area contributed by atoms with E-state index in [4.69, 9.17) is 4.74 Å². The molecule has 8 nitrogen and oxygen atoms in total. The molecule has 0 fully saturated rings. The molecule has 0 saturated carbocycles. The predicted molar refractivity (Wildman–Crippen MR) is 171 cm³/mol. The van der Waals surface area contributed by atoms with Gasteiger partial charge in [-0.05, 0) is 47.2 Å². The standard InChI is InChI=1S/C36H39F2N3O5/c1-24(42)41(18-17-31(34(43)44)39-35(45)46-23-26-13-9-6-10-14-26)33(36(2,3)4)32-19-27(29-20-28(37)15-16-30(29)38)22-40(32)21-25-11-7-5-8-12-25/h5-16,19-20,22,31,33H,17-18,21,23H2,1-4H3,(H,39,45)(H,43,44). The fourth-order valence-electron chi connectivity index (χ4n) is 5.51. The van der Waals surface area contributed by atoms with Crippen LogP contribution in [0.5, 0.6) is 0 Å². The van der Waals surface area contributed by atoms with Gasteiger partial charge < -0.3 is 24.6 Å². The minimum atomic E-state index is -1.33. The molecule has 1 aromatic heterocycles. The number of hydrogen-bond donors (Lipinski definition) is 2. The van der Waals surface area contributed by atoms with E-state index in [9.17, 15) is 28.3 Å². The molecule has 0 aliphatic rings. The highest BCUT2D eigenvalue weighted by Gasteiger charge is 2.37. The van der Waals surface area contributed by atoms with Crippen molar-refractivity contribution in [3.8, 4) is 11.1 Å². The lowest BCUT2D eigenvalue weighted by molar-refractivity contribution is -0.141. The number of aromatic nitrogens is 1.